The molecule has 5 heteroatoms. The maximum Gasteiger partial charge on any atom is 0.509 e. The standard InChI is InChI=1S/C10H9BF3O/c1-8(15)5-6-9-3-2-4-10(7-9)11(12,13)14/h2-7H,1H3/q-1/b6-5+. The lowest BCUT2D eigenvalue weighted by atomic mass is 9.79. The van der Waals surface area contributed by atoms with Crippen molar-refractivity contribution in [1.29, 1.82) is 0 Å². The van der Waals surface area contributed by atoms with Crippen LogP contribution < -0.4 is 5.46 Å². The molecule has 0 unspecified atom stereocenters. The molecule has 0 radical (unpaired) electrons. The molecule has 0 saturated heterocycles. The SMILES string of the molecule is CC(=O)/C=C/c1cccc([B-](F)(F)F)c1. The average molecular weight is 213 g/mol. The summed E-state index contributed by atoms with van der Waals surface area (Å²) in [5, 5.41) is 0. The van der Waals surface area contributed by atoms with E-state index in [2.05, 4.69) is 0 Å². The van der Waals surface area contributed by atoms with Crippen LogP contribution in [0.15, 0.2) is 30.3 Å². The van der Waals surface area contributed by atoms with E-state index >= 15 is 0 Å². The first-order chi connectivity index (χ1) is 6.89. The predicted molar refractivity (Wildman–Crippen MR) is 54.9 cm³/mol. The van der Waals surface area contributed by atoms with E-state index in [0.29, 0.717) is 5.56 Å². The van der Waals surface area contributed by atoms with Gasteiger partial charge < -0.3 is 12.9 Å². The second-order valence-electron chi connectivity index (χ2n) is 3.19. The van der Waals surface area contributed by atoms with E-state index in [0.717, 1.165) is 12.1 Å². The number of allylic oxidation sites excluding steroid dienone is 1. The van der Waals surface area contributed by atoms with Crippen molar-refractivity contribution in [2.24, 2.45) is 0 Å². The zero-order chi connectivity index (χ0) is 11.5. The van der Waals surface area contributed by atoms with Crippen LogP contribution in [0.2, 0.25) is 0 Å². The fourth-order valence-corrected chi connectivity index (χ4v) is 1.08. The zero-order valence-electron chi connectivity index (χ0n) is 8.08. The van der Waals surface area contributed by atoms with Crippen LogP contribution in [0.25, 0.3) is 6.08 Å². The fraction of sp³-hybridized carbons (Fsp3) is 0.100. The van der Waals surface area contributed by atoms with Crippen LogP contribution >= 0.6 is 0 Å². The van der Waals surface area contributed by atoms with Crippen molar-refractivity contribution in [3.8, 4) is 0 Å². The Morgan fingerprint density at radius 1 is 1.33 bits per heavy atom. The third-order valence-electron chi connectivity index (χ3n) is 1.80. The largest absolute Gasteiger partial charge is 0.509 e. The monoisotopic (exact) mass is 213 g/mol. The van der Waals surface area contributed by atoms with Gasteiger partial charge >= 0.3 is 6.98 Å². The second-order valence-corrected chi connectivity index (χ2v) is 3.19. The summed E-state index contributed by atoms with van der Waals surface area (Å²) in [5.41, 5.74) is -0.275. The van der Waals surface area contributed by atoms with Gasteiger partial charge in [-0.15, -0.1) is 5.46 Å². The first kappa shape index (κ1) is 11.6. The van der Waals surface area contributed by atoms with Crippen LogP contribution in [-0.4, -0.2) is 12.8 Å². The van der Waals surface area contributed by atoms with E-state index in [1.165, 1.54) is 31.2 Å². The van der Waals surface area contributed by atoms with Gasteiger partial charge in [-0.2, -0.15) is 0 Å². The molecule has 0 aromatic heterocycles. The number of hydrogen-bond acceptors (Lipinski definition) is 1. The number of benzene rings is 1. The minimum atomic E-state index is -4.97. The molecule has 0 spiro atoms. The molecule has 80 valence electrons. The van der Waals surface area contributed by atoms with E-state index in [1.54, 1.807) is 0 Å². The van der Waals surface area contributed by atoms with Crippen molar-refractivity contribution in [2.75, 3.05) is 0 Å². The third kappa shape index (κ3) is 3.62. The molecule has 0 aliphatic rings. The maximum absolute atomic E-state index is 12.3. The molecule has 1 nitrogen and oxygen atoms in total. The highest BCUT2D eigenvalue weighted by Gasteiger charge is 2.24. The summed E-state index contributed by atoms with van der Waals surface area (Å²) in [6, 6.07) is 4.89. The molecule has 0 aliphatic heterocycles. The Labute approximate surface area is 85.7 Å². The molecular formula is C10H9BF3O-. The van der Waals surface area contributed by atoms with E-state index < -0.39 is 12.4 Å². The van der Waals surface area contributed by atoms with Crippen molar-refractivity contribution in [1.82, 2.24) is 0 Å². The molecule has 0 aliphatic carbocycles. The highest BCUT2D eigenvalue weighted by atomic mass is 19.4. The van der Waals surface area contributed by atoms with E-state index in [-0.39, 0.29) is 5.78 Å². The Morgan fingerprint density at radius 3 is 2.53 bits per heavy atom. The van der Waals surface area contributed by atoms with Gasteiger partial charge in [-0.25, -0.2) is 0 Å². The lowest BCUT2D eigenvalue weighted by molar-refractivity contribution is -0.112. The van der Waals surface area contributed by atoms with Gasteiger partial charge in [-0.1, -0.05) is 30.3 Å². The lowest BCUT2D eigenvalue weighted by Crippen LogP contribution is -2.33. The van der Waals surface area contributed by atoms with Gasteiger partial charge in [-0.3, -0.25) is 4.79 Å². The van der Waals surface area contributed by atoms with Gasteiger partial charge in [0.2, 0.25) is 0 Å². The number of hydrogen-bond donors (Lipinski definition) is 0. The van der Waals surface area contributed by atoms with Crippen LogP contribution in [0.1, 0.15) is 12.5 Å². The molecule has 15 heavy (non-hydrogen) atoms. The fourth-order valence-electron chi connectivity index (χ4n) is 1.08. The first-order valence-electron chi connectivity index (χ1n) is 4.38. The Bertz CT molecular complexity index is 396. The summed E-state index contributed by atoms with van der Waals surface area (Å²) < 4.78 is 37.0. The van der Waals surface area contributed by atoms with Gasteiger partial charge in [0, 0.05) is 0 Å². The van der Waals surface area contributed by atoms with Crippen molar-refractivity contribution in [3.05, 3.63) is 35.9 Å². The average Bonchev–Trinajstić information content (AvgIpc) is 2.14. The smallest absolute Gasteiger partial charge is 0.445 e. The number of carbonyl (C=O) groups is 1. The minimum absolute atomic E-state index is 0.196. The van der Waals surface area contributed by atoms with Gasteiger partial charge in [0.1, 0.15) is 0 Å². The number of ketones is 1. The highest BCUT2D eigenvalue weighted by Crippen LogP contribution is 2.10. The van der Waals surface area contributed by atoms with Crippen molar-refractivity contribution in [3.63, 3.8) is 0 Å². The van der Waals surface area contributed by atoms with Crippen LogP contribution in [0.5, 0.6) is 0 Å². The molecule has 0 bridgehead atoms. The van der Waals surface area contributed by atoms with Crippen LogP contribution in [0.3, 0.4) is 0 Å². The Morgan fingerprint density at radius 2 is 2.00 bits per heavy atom. The summed E-state index contributed by atoms with van der Waals surface area (Å²) in [7, 11) is 0. The topological polar surface area (TPSA) is 17.1 Å². The van der Waals surface area contributed by atoms with Gasteiger partial charge in [0.15, 0.2) is 5.78 Å². The molecule has 0 heterocycles. The van der Waals surface area contributed by atoms with Gasteiger partial charge in [-0.05, 0) is 18.6 Å². The maximum atomic E-state index is 12.3. The number of carbonyl (C=O) groups excluding carboxylic acids is 1. The molecule has 1 rings (SSSR count). The van der Waals surface area contributed by atoms with Crippen LogP contribution in [-0.2, 0) is 4.79 Å². The van der Waals surface area contributed by atoms with Crippen LogP contribution in [0.4, 0.5) is 12.9 Å². The number of halogens is 3. The van der Waals surface area contributed by atoms with Crippen molar-refractivity contribution >= 4 is 24.3 Å². The molecule has 1 aromatic carbocycles. The minimum Gasteiger partial charge on any atom is -0.445 e. The van der Waals surface area contributed by atoms with E-state index in [1.807, 2.05) is 0 Å². The van der Waals surface area contributed by atoms with Gasteiger partial charge in [0.25, 0.3) is 0 Å². The highest BCUT2D eigenvalue weighted by molar-refractivity contribution is 6.73. The molecule has 1 aromatic rings. The Hall–Kier alpha value is -1.52. The molecular weight excluding hydrogens is 204 g/mol. The van der Waals surface area contributed by atoms with Crippen LogP contribution in [0, 0.1) is 0 Å². The molecule has 0 amide bonds. The Balaban J connectivity index is 2.98. The van der Waals surface area contributed by atoms with Gasteiger partial charge in [0.05, 0.1) is 0 Å². The summed E-state index contributed by atoms with van der Waals surface area (Å²) in [6.07, 6.45) is 2.61. The molecule has 0 saturated carbocycles. The first-order valence-corrected chi connectivity index (χ1v) is 4.38. The molecule has 0 fully saturated rings. The lowest BCUT2D eigenvalue weighted by Gasteiger charge is -2.14. The van der Waals surface area contributed by atoms with E-state index in [4.69, 9.17) is 0 Å². The molecule has 0 atom stereocenters. The number of rotatable bonds is 3. The van der Waals surface area contributed by atoms with Crippen molar-refractivity contribution in [2.45, 2.75) is 6.92 Å². The Kier molecular flexibility index (Phi) is 3.34. The summed E-state index contributed by atoms with van der Waals surface area (Å²) in [6.45, 7) is -3.63. The second kappa shape index (κ2) is 4.34. The summed E-state index contributed by atoms with van der Waals surface area (Å²) >= 11 is 0. The van der Waals surface area contributed by atoms with Crippen molar-refractivity contribution < 1.29 is 17.7 Å². The predicted octanol–water partition coefficient (Wildman–Crippen LogP) is 2.34. The normalized spacial score (nSPS) is 12.0. The summed E-state index contributed by atoms with van der Waals surface area (Å²) in [4.78, 5) is 10.6. The van der Waals surface area contributed by atoms with E-state index in [9.17, 15) is 17.7 Å². The summed E-state index contributed by atoms with van der Waals surface area (Å²) in [5.74, 6) is -0.196. The molecule has 0 N–H and O–H groups in total. The quantitative estimate of drug-likeness (QED) is 0.556. The zero-order valence-corrected chi connectivity index (χ0v) is 8.08. The third-order valence-corrected chi connectivity index (χ3v) is 1.80.